The number of benzene rings is 2. The van der Waals surface area contributed by atoms with Gasteiger partial charge in [-0.05, 0) is 55.9 Å². The predicted octanol–water partition coefficient (Wildman–Crippen LogP) is 4.27. The molecular formula is C28H39N3O4S. The van der Waals surface area contributed by atoms with E-state index in [9.17, 15) is 18.0 Å². The number of nitrogens with zero attached hydrogens (tertiary/aromatic N) is 2. The maximum Gasteiger partial charge on any atom is 0.242 e. The molecule has 0 aromatic heterocycles. The zero-order valence-corrected chi connectivity index (χ0v) is 22.5. The first kappa shape index (κ1) is 27.7. The van der Waals surface area contributed by atoms with Crippen molar-refractivity contribution in [2.24, 2.45) is 0 Å². The van der Waals surface area contributed by atoms with Crippen LogP contribution in [0.3, 0.4) is 0 Å². The number of rotatable bonds is 12. The van der Waals surface area contributed by atoms with E-state index in [1.807, 2.05) is 49.4 Å². The molecule has 36 heavy (non-hydrogen) atoms. The van der Waals surface area contributed by atoms with Gasteiger partial charge in [0.2, 0.25) is 21.8 Å². The average Bonchev–Trinajstić information content (AvgIpc) is 3.37. The molecule has 1 aliphatic rings. The summed E-state index contributed by atoms with van der Waals surface area (Å²) < 4.78 is 26.3. The van der Waals surface area contributed by atoms with E-state index in [2.05, 4.69) is 5.32 Å². The molecule has 0 heterocycles. The monoisotopic (exact) mass is 513 g/mol. The number of sulfonamides is 1. The third-order valence-electron chi connectivity index (χ3n) is 6.85. The van der Waals surface area contributed by atoms with Crippen LogP contribution in [0.2, 0.25) is 0 Å². The van der Waals surface area contributed by atoms with E-state index in [1.54, 1.807) is 24.0 Å². The molecule has 0 bridgehead atoms. The Morgan fingerprint density at radius 3 is 2.22 bits per heavy atom. The van der Waals surface area contributed by atoms with Gasteiger partial charge in [0.05, 0.1) is 11.9 Å². The van der Waals surface area contributed by atoms with Crippen molar-refractivity contribution < 1.29 is 18.0 Å². The second-order valence-corrected chi connectivity index (χ2v) is 11.5. The van der Waals surface area contributed by atoms with Gasteiger partial charge in [0, 0.05) is 25.6 Å². The maximum atomic E-state index is 13.4. The molecule has 1 aliphatic carbocycles. The predicted molar refractivity (Wildman–Crippen MR) is 144 cm³/mol. The molecule has 0 aliphatic heterocycles. The summed E-state index contributed by atoms with van der Waals surface area (Å²) in [7, 11) is -3.50. The van der Waals surface area contributed by atoms with E-state index in [-0.39, 0.29) is 30.8 Å². The van der Waals surface area contributed by atoms with Crippen LogP contribution in [-0.4, -0.2) is 50.0 Å². The molecule has 3 rings (SSSR count). The van der Waals surface area contributed by atoms with E-state index in [0.29, 0.717) is 18.7 Å². The van der Waals surface area contributed by atoms with Crippen molar-refractivity contribution >= 4 is 27.5 Å². The van der Waals surface area contributed by atoms with Crippen LogP contribution in [-0.2, 0) is 32.6 Å². The van der Waals surface area contributed by atoms with E-state index in [1.165, 1.54) is 10.6 Å². The van der Waals surface area contributed by atoms with Gasteiger partial charge in [0.15, 0.2) is 0 Å². The van der Waals surface area contributed by atoms with E-state index in [4.69, 9.17) is 0 Å². The third-order valence-corrected chi connectivity index (χ3v) is 8.04. The molecule has 2 amide bonds. The van der Waals surface area contributed by atoms with Crippen molar-refractivity contribution in [1.29, 1.82) is 0 Å². The first-order chi connectivity index (χ1) is 17.2. The lowest BCUT2D eigenvalue weighted by atomic mass is 10.1. The van der Waals surface area contributed by atoms with E-state index < -0.39 is 16.1 Å². The zero-order valence-electron chi connectivity index (χ0n) is 21.7. The topological polar surface area (TPSA) is 86.8 Å². The Labute approximate surface area is 215 Å². The molecule has 0 saturated heterocycles. The van der Waals surface area contributed by atoms with Gasteiger partial charge < -0.3 is 10.2 Å². The van der Waals surface area contributed by atoms with Crippen molar-refractivity contribution in [3.63, 3.8) is 0 Å². The van der Waals surface area contributed by atoms with Gasteiger partial charge in [-0.3, -0.25) is 13.9 Å². The van der Waals surface area contributed by atoms with Crippen molar-refractivity contribution in [2.45, 2.75) is 77.4 Å². The van der Waals surface area contributed by atoms with Gasteiger partial charge >= 0.3 is 0 Å². The SMILES string of the molecule is CCc1ccc(N(CCCC(=O)N(Cc2ccccc2)[C@@H](C)C(=O)NC2CCCC2)S(C)(=O)=O)cc1. The van der Waals surface area contributed by atoms with Gasteiger partial charge in [-0.25, -0.2) is 8.42 Å². The summed E-state index contributed by atoms with van der Waals surface area (Å²) in [6.07, 6.45) is 6.74. The number of hydrogen-bond donors (Lipinski definition) is 1. The lowest BCUT2D eigenvalue weighted by Crippen LogP contribution is -2.49. The van der Waals surface area contributed by atoms with Crippen LogP contribution in [0.4, 0.5) is 5.69 Å². The highest BCUT2D eigenvalue weighted by molar-refractivity contribution is 7.92. The van der Waals surface area contributed by atoms with Gasteiger partial charge in [-0.15, -0.1) is 0 Å². The summed E-state index contributed by atoms with van der Waals surface area (Å²) in [5.41, 5.74) is 2.66. The van der Waals surface area contributed by atoms with Gasteiger partial charge in [0.1, 0.15) is 6.04 Å². The molecule has 196 valence electrons. The maximum absolute atomic E-state index is 13.4. The third kappa shape index (κ3) is 7.82. The van der Waals surface area contributed by atoms with Gasteiger partial charge in [-0.1, -0.05) is 62.2 Å². The van der Waals surface area contributed by atoms with Crippen molar-refractivity contribution in [2.75, 3.05) is 17.1 Å². The van der Waals surface area contributed by atoms with Crippen LogP contribution in [0.5, 0.6) is 0 Å². The van der Waals surface area contributed by atoms with Crippen molar-refractivity contribution in [3.8, 4) is 0 Å². The minimum absolute atomic E-state index is 0.139. The zero-order chi connectivity index (χ0) is 26.1. The minimum Gasteiger partial charge on any atom is -0.352 e. The molecule has 0 spiro atoms. The number of aryl methyl sites for hydroxylation is 1. The summed E-state index contributed by atoms with van der Waals surface area (Å²) in [6.45, 7) is 4.33. The average molecular weight is 514 g/mol. The number of carbonyl (C=O) groups is 2. The van der Waals surface area contributed by atoms with Crippen molar-refractivity contribution in [1.82, 2.24) is 10.2 Å². The van der Waals surface area contributed by atoms with Gasteiger partial charge in [-0.2, -0.15) is 0 Å². The Hall–Kier alpha value is -2.87. The second kappa shape index (κ2) is 12.9. The fourth-order valence-corrected chi connectivity index (χ4v) is 5.62. The molecule has 1 atom stereocenters. The lowest BCUT2D eigenvalue weighted by Gasteiger charge is -2.30. The number of anilines is 1. The van der Waals surface area contributed by atoms with Crippen LogP contribution in [0, 0.1) is 0 Å². The molecule has 2 aromatic carbocycles. The Morgan fingerprint density at radius 2 is 1.64 bits per heavy atom. The van der Waals surface area contributed by atoms with Crippen molar-refractivity contribution in [3.05, 3.63) is 65.7 Å². The summed E-state index contributed by atoms with van der Waals surface area (Å²) >= 11 is 0. The summed E-state index contributed by atoms with van der Waals surface area (Å²) in [5.74, 6) is -0.303. The highest BCUT2D eigenvalue weighted by Gasteiger charge is 2.28. The Morgan fingerprint density at radius 1 is 1.00 bits per heavy atom. The summed E-state index contributed by atoms with van der Waals surface area (Å²) in [4.78, 5) is 28.0. The largest absolute Gasteiger partial charge is 0.352 e. The van der Waals surface area contributed by atoms with Crippen LogP contribution in [0.1, 0.15) is 63.5 Å². The molecule has 0 unspecified atom stereocenters. The second-order valence-electron chi connectivity index (χ2n) is 9.63. The quantitative estimate of drug-likeness (QED) is 0.459. The minimum atomic E-state index is -3.50. The van der Waals surface area contributed by atoms with Crippen LogP contribution in [0.15, 0.2) is 54.6 Å². The first-order valence-corrected chi connectivity index (χ1v) is 14.7. The standard InChI is InChI=1S/C28H39N3O4S/c1-4-23-16-18-26(19-17-23)31(36(3,34)35)20-10-15-27(32)30(21-24-11-6-5-7-12-24)22(2)28(33)29-25-13-8-9-14-25/h5-7,11-12,16-19,22,25H,4,8-10,13-15,20-21H2,1-3H3,(H,29,33)/t22-/m0/s1. The molecule has 1 fully saturated rings. The highest BCUT2D eigenvalue weighted by atomic mass is 32.2. The van der Waals surface area contributed by atoms with Crippen LogP contribution in [0.25, 0.3) is 0 Å². The lowest BCUT2D eigenvalue weighted by molar-refractivity contribution is -0.141. The molecule has 8 heteroatoms. The Balaban J connectivity index is 1.68. The molecular weight excluding hydrogens is 474 g/mol. The van der Waals surface area contributed by atoms with E-state index in [0.717, 1.165) is 43.2 Å². The van der Waals surface area contributed by atoms with E-state index >= 15 is 0 Å². The van der Waals surface area contributed by atoms with Crippen LogP contribution < -0.4 is 9.62 Å². The fraction of sp³-hybridized carbons (Fsp3) is 0.500. The molecule has 1 saturated carbocycles. The molecule has 0 radical (unpaired) electrons. The number of nitrogens with one attached hydrogen (secondary N) is 1. The molecule has 7 nitrogen and oxygen atoms in total. The normalized spacial score (nSPS) is 14.9. The Kier molecular flexibility index (Phi) is 9.93. The molecule has 2 aromatic rings. The molecule has 1 N–H and O–H groups in total. The number of carbonyl (C=O) groups excluding carboxylic acids is 2. The summed E-state index contributed by atoms with van der Waals surface area (Å²) in [5, 5.41) is 3.10. The summed E-state index contributed by atoms with van der Waals surface area (Å²) in [6, 6.07) is 16.6. The fourth-order valence-electron chi connectivity index (χ4n) is 4.66. The first-order valence-electron chi connectivity index (χ1n) is 12.9. The smallest absolute Gasteiger partial charge is 0.242 e. The highest BCUT2D eigenvalue weighted by Crippen LogP contribution is 2.21. The number of hydrogen-bond acceptors (Lipinski definition) is 4. The van der Waals surface area contributed by atoms with Crippen LogP contribution >= 0.6 is 0 Å². The number of amides is 2. The Bertz CT molecular complexity index is 1100. The van der Waals surface area contributed by atoms with Gasteiger partial charge in [0.25, 0.3) is 0 Å².